The molecule has 1 fully saturated rings. The van der Waals surface area contributed by atoms with Crippen LogP contribution < -0.4 is 5.11 Å². The fourth-order valence-corrected chi connectivity index (χ4v) is 1.78. The van der Waals surface area contributed by atoms with Gasteiger partial charge >= 0.3 is 5.97 Å². The number of carboxylic acid groups (broad SMARTS) is 1. The molecule has 3 unspecified atom stereocenters. The molecule has 0 saturated carbocycles. The topological polar surface area (TPSA) is 79.0 Å². The highest BCUT2D eigenvalue weighted by atomic mass is 16.6. The van der Waals surface area contributed by atoms with Crippen LogP contribution >= 0.6 is 0 Å². The minimum Gasteiger partial charge on any atom is -0.550 e. The maximum Gasteiger partial charge on any atom is 0.313 e. The third-order valence-electron chi connectivity index (χ3n) is 2.81. The van der Waals surface area contributed by atoms with Gasteiger partial charge in [-0.1, -0.05) is 12.2 Å². The molecule has 0 aromatic carbocycles. The van der Waals surface area contributed by atoms with Crippen LogP contribution in [0.4, 0.5) is 0 Å². The Bertz CT molecular complexity index is 318. The van der Waals surface area contributed by atoms with Crippen LogP contribution in [0, 0.1) is 11.8 Å². The van der Waals surface area contributed by atoms with Crippen LogP contribution in [0.2, 0.25) is 0 Å². The first-order chi connectivity index (χ1) is 7.68. The van der Waals surface area contributed by atoms with Crippen LogP contribution in [0.5, 0.6) is 0 Å². The molecule has 1 heterocycles. The summed E-state index contributed by atoms with van der Waals surface area (Å²) in [6, 6.07) is 0. The lowest BCUT2D eigenvalue weighted by molar-refractivity contribution is -0.313. The Morgan fingerprint density at radius 1 is 1.50 bits per heavy atom. The van der Waals surface area contributed by atoms with Gasteiger partial charge in [0.1, 0.15) is 12.7 Å². The molecule has 1 aliphatic carbocycles. The standard InChI is InChI=1S/C11H14O5/c12-10(13)8-3-1-2-4-9(8)11(14)16-6-7-5-15-7/h2,4,7-9H,1,3,5-6H2,(H,12,13)/p-1. The average Bonchev–Trinajstić information content (AvgIpc) is 3.09. The number of carbonyl (C=O) groups is 2. The van der Waals surface area contributed by atoms with E-state index in [1.807, 2.05) is 0 Å². The van der Waals surface area contributed by atoms with E-state index in [2.05, 4.69) is 0 Å². The summed E-state index contributed by atoms with van der Waals surface area (Å²) in [5.41, 5.74) is 0. The quantitative estimate of drug-likeness (QED) is 0.358. The van der Waals surface area contributed by atoms with E-state index in [0.29, 0.717) is 19.4 Å². The van der Waals surface area contributed by atoms with E-state index in [1.54, 1.807) is 12.2 Å². The van der Waals surface area contributed by atoms with Crippen LogP contribution in [0.15, 0.2) is 12.2 Å². The van der Waals surface area contributed by atoms with Gasteiger partial charge in [0.2, 0.25) is 0 Å². The van der Waals surface area contributed by atoms with E-state index in [1.165, 1.54) is 0 Å². The number of esters is 1. The van der Waals surface area contributed by atoms with Gasteiger partial charge in [0.15, 0.2) is 0 Å². The summed E-state index contributed by atoms with van der Waals surface area (Å²) in [6.45, 7) is 0.820. The van der Waals surface area contributed by atoms with Crippen molar-refractivity contribution in [1.29, 1.82) is 0 Å². The number of hydrogen-bond acceptors (Lipinski definition) is 5. The van der Waals surface area contributed by atoms with Crippen molar-refractivity contribution < 1.29 is 24.2 Å². The maximum absolute atomic E-state index is 11.6. The van der Waals surface area contributed by atoms with Crippen LogP contribution in [-0.4, -0.2) is 31.3 Å². The van der Waals surface area contributed by atoms with E-state index >= 15 is 0 Å². The molecule has 0 N–H and O–H groups in total. The summed E-state index contributed by atoms with van der Waals surface area (Å²) < 4.78 is 9.88. The molecule has 5 nitrogen and oxygen atoms in total. The van der Waals surface area contributed by atoms with Crippen molar-refractivity contribution in [3.63, 3.8) is 0 Å². The molecule has 88 valence electrons. The van der Waals surface area contributed by atoms with Crippen molar-refractivity contribution in [1.82, 2.24) is 0 Å². The molecule has 2 aliphatic rings. The highest BCUT2D eigenvalue weighted by Crippen LogP contribution is 2.25. The summed E-state index contributed by atoms with van der Waals surface area (Å²) in [6.07, 6.45) is 4.49. The zero-order chi connectivity index (χ0) is 11.5. The van der Waals surface area contributed by atoms with Crippen LogP contribution in [0.25, 0.3) is 0 Å². The highest BCUT2D eigenvalue weighted by molar-refractivity contribution is 5.82. The Kier molecular flexibility index (Phi) is 3.24. The highest BCUT2D eigenvalue weighted by Gasteiger charge is 2.32. The molecule has 0 spiro atoms. The minimum atomic E-state index is -1.19. The van der Waals surface area contributed by atoms with Crippen molar-refractivity contribution in [2.45, 2.75) is 18.9 Å². The first kappa shape index (κ1) is 11.1. The minimum absolute atomic E-state index is 0.00192. The second-order valence-electron chi connectivity index (χ2n) is 4.04. The third-order valence-corrected chi connectivity index (χ3v) is 2.81. The van der Waals surface area contributed by atoms with E-state index in [9.17, 15) is 14.7 Å². The SMILES string of the molecule is O=C(OCC1CO1)C1C=CCCC1C(=O)[O-]. The number of allylic oxidation sites excluding steroid dienone is 1. The van der Waals surface area contributed by atoms with Crippen molar-refractivity contribution in [2.24, 2.45) is 11.8 Å². The lowest BCUT2D eigenvalue weighted by atomic mass is 9.84. The van der Waals surface area contributed by atoms with Crippen molar-refractivity contribution >= 4 is 11.9 Å². The van der Waals surface area contributed by atoms with Crippen LogP contribution in [-0.2, 0) is 19.1 Å². The van der Waals surface area contributed by atoms with Gasteiger partial charge in [-0.25, -0.2) is 0 Å². The Hall–Kier alpha value is -1.36. The summed E-state index contributed by atoms with van der Waals surface area (Å²) >= 11 is 0. The monoisotopic (exact) mass is 225 g/mol. The van der Waals surface area contributed by atoms with Crippen molar-refractivity contribution in [3.05, 3.63) is 12.2 Å². The lowest BCUT2D eigenvalue weighted by Gasteiger charge is -2.26. The number of carbonyl (C=O) groups excluding carboxylic acids is 2. The molecule has 1 aliphatic heterocycles. The predicted octanol–water partition coefficient (Wildman–Crippen LogP) is -0.739. The summed E-state index contributed by atoms with van der Waals surface area (Å²) in [7, 11) is 0. The van der Waals surface area contributed by atoms with Crippen molar-refractivity contribution in [3.8, 4) is 0 Å². The van der Waals surface area contributed by atoms with E-state index in [4.69, 9.17) is 9.47 Å². The molecular formula is C11H13O5-. The van der Waals surface area contributed by atoms with Gasteiger partial charge < -0.3 is 19.4 Å². The summed E-state index contributed by atoms with van der Waals surface area (Å²) in [5, 5.41) is 10.8. The van der Waals surface area contributed by atoms with Crippen LogP contribution in [0.1, 0.15) is 12.8 Å². The van der Waals surface area contributed by atoms with Crippen molar-refractivity contribution in [2.75, 3.05) is 13.2 Å². The zero-order valence-electron chi connectivity index (χ0n) is 8.76. The Morgan fingerprint density at radius 2 is 2.25 bits per heavy atom. The summed E-state index contributed by atoms with van der Waals surface area (Å²) in [4.78, 5) is 22.5. The summed E-state index contributed by atoms with van der Waals surface area (Å²) in [5.74, 6) is -3.16. The van der Waals surface area contributed by atoms with E-state index in [0.717, 1.165) is 0 Å². The molecule has 0 aromatic heterocycles. The molecule has 2 rings (SSSR count). The first-order valence-electron chi connectivity index (χ1n) is 5.34. The molecule has 0 amide bonds. The van der Waals surface area contributed by atoms with Gasteiger partial charge in [-0.3, -0.25) is 4.79 Å². The predicted molar refractivity (Wildman–Crippen MR) is 51.1 cm³/mol. The molecule has 1 saturated heterocycles. The van der Waals surface area contributed by atoms with Gasteiger partial charge in [0.25, 0.3) is 0 Å². The number of epoxide rings is 1. The van der Waals surface area contributed by atoms with Gasteiger partial charge in [0.05, 0.1) is 12.5 Å². The van der Waals surface area contributed by atoms with E-state index < -0.39 is 23.8 Å². The molecule has 0 radical (unpaired) electrons. The number of hydrogen-bond donors (Lipinski definition) is 0. The molecule has 5 heteroatoms. The first-order valence-corrected chi connectivity index (χ1v) is 5.34. The van der Waals surface area contributed by atoms with Crippen LogP contribution in [0.3, 0.4) is 0 Å². The number of aliphatic carboxylic acids is 1. The average molecular weight is 225 g/mol. The maximum atomic E-state index is 11.6. The number of rotatable bonds is 4. The van der Waals surface area contributed by atoms with Gasteiger partial charge in [-0.15, -0.1) is 0 Å². The Balaban J connectivity index is 1.92. The Labute approximate surface area is 93.0 Å². The molecule has 0 bridgehead atoms. The second-order valence-corrected chi connectivity index (χ2v) is 4.04. The smallest absolute Gasteiger partial charge is 0.313 e. The van der Waals surface area contributed by atoms with Gasteiger partial charge in [-0.2, -0.15) is 0 Å². The molecule has 16 heavy (non-hydrogen) atoms. The Morgan fingerprint density at radius 3 is 2.88 bits per heavy atom. The normalized spacial score (nSPS) is 32.1. The zero-order valence-corrected chi connectivity index (χ0v) is 8.76. The second kappa shape index (κ2) is 4.65. The van der Waals surface area contributed by atoms with Gasteiger partial charge in [0, 0.05) is 11.9 Å². The van der Waals surface area contributed by atoms with E-state index in [-0.39, 0.29) is 12.7 Å². The lowest BCUT2D eigenvalue weighted by Crippen LogP contribution is -2.40. The third kappa shape index (κ3) is 2.61. The molecular weight excluding hydrogens is 212 g/mol. The van der Waals surface area contributed by atoms with Gasteiger partial charge in [-0.05, 0) is 12.8 Å². The molecule has 0 aromatic rings. The largest absolute Gasteiger partial charge is 0.550 e. The fourth-order valence-electron chi connectivity index (χ4n) is 1.78. The molecule has 3 atom stereocenters. The number of carboxylic acids is 1. The number of ether oxygens (including phenoxy) is 2. The fraction of sp³-hybridized carbons (Fsp3) is 0.636.